The van der Waals surface area contributed by atoms with Gasteiger partial charge in [0.15, 0.2) is 5.78 Å². The van der Waals surface area contributed by atoms with E-state index in [1.54, 1.807) is 0 Å². The molecule has 1 N–H and O–H groups in total. The molecule has 0 spiro atoms. The van der Waals surface area contributed by atoms with Crippen LogP contribution in [0.5, 0.6) is 0 Å². The van der Waals surface area contributed by atoms with Crippen molar-refractivity contribution in [3.63, 3.8) is 0 Å². The summed E-state index contributed by atoms with van der Waals surface area (Å²) in [6.45, 7) is 2.11. The van der Waals surface area contributed by atoms with Crippen LogP contribution in [0, 0.1) is 0 Å². The molecule has 0 aliphatic rings. The van der Waals surface area contributed by atoms with Crippen LogP contribution in [-0.4, -0.2) is 17.0 Å². The molecule has 1 unspecified atom stereocenters. The lowest BCUT2D eigenvalue weighted by molar-refractivity contribution is -0.127. The van der Waals surface area contributed by atoms with Gasteiger partial charge in [0.2, 0.25) is 0 Å². The Balaban J connectivity index is 2.24. The molecule has 1 atom stereocenters. The third-order valence-corrected chi connectivity index (χ3v) is 2.95. The topological polar surface area (TPSA) is 37.3 Å². The predicted octanol–water partition coefficient (Wildman–Crippen LogP) is 3.13. The summed E-state index contributed by atoms with van der Waals surface area (Å²) in [4.78, 5) is 11.6. The first kappa shape index (κ1) is 13.9. The lowest BCUT2D eigenvalue weighted by atomic mass is 10.0. The molecule has 0 heterocycles. The Kier molecular flexibility index (Phi) is 6.56. The largest absolute Gasteiger partial charge is 0.385 e. The summed E-state index contributed by atoms with van der Waals surface area (Å²) >= 11 is 0. The van der Waals surface area contributed by atoms with E-state index in [1.807, 2.05) is 30.3 Å². The average Bonchev–Trinajstić information content (AvgIpc) is 2.37. The number of unbranched alkanes of at least 4 members (excludes halogenated alkanes) is 2. The second-order valence-corrected chi connectivity index (χ2v) is 4.46. The Morgan fingerprint density at radius 1 is 1.24 bits per heavy atom. The van der Waals surface area contributed by atoms with Gasteiger partial charge in [0.1, 0.15) is 6.10 Å². The number of hydrogen-bond acceptors (Lipinski definition) is 2. The number of aliphatic hydroxyl groups excluding tert-OH is 1. The molecule has 1 aromatic carbocycles. The maximum absolute atomic E-state index is 11.6. The van der Waals surface area contributed by atoms with Gasteiger partial charge in [-0.05, 0) is 24.8 Å². The third kappa shape index (κ3) is 5.64. The van der Waals surface area contributed by atoms with E-state index in [0.29, 0.717) is 12.8 Å². The van der Waals surface area contributed by atoms with E-state index in [1.165, 1.54) is 5.56 Å². The van der Waals surface area contributed by atoms with Crippen LogP contribution in [0.2, 0.25) is 0 Å². The Morgan fingerprint density at radius 2 is 1.94 bits per heavy atom. The van der Waals surface area contributed by atoms with Crippen LogP contribution >= 0.6 is 0 Å². The molecule has 0 amide bonds. The summed E-state index contributed by atoms with van der Waals surface area (Å²) in [5, 5.41) is 9.73. The van der Waals surface area contributed by atoms with Crippen LogP contribution in [-0.2, 0) is 11.2 Å². The fourth-order valence-electron chi connectivity index (χ4n) is 1.82. The van der Waals surface area contributed by atoms with Gasteiger partial charge in [0.25, 0.3) is 0 Å². The molecule has 1 aromatic rings. The standard InChI is InChI=1S/C15H22O2/c1-2-3-5-10-14(16)15(17)12-11-13-8-6-4-7-9-13/h4,6-9,15,17H,2-3,5,10-12H2,1H3. The van der Waals surface area contributed by atoms with E-state index in [9.17, 15) is 9.90 Å². The first-order valence-corrected chi connectivity index (χ1v) is 6.48. The van der Waals surface area contributed by atoms with E-state index < -0.39 is 6.10 Å². The van der Waals surface area contributed by atoms with Crippen molar-refractivity contribution in [2.45, 2.75) is 51.6 Å². The molecule has 0 fully saturated rings. The molecular weight excluding hydrogens is 212 g/mol. The number of rotatable bonds is 8. The normalized spacial score (nSPS) is 12.4. The van der Waals surface area contributed by atoms with Crippen molar-refractivity contribution in [1.82, 2.24) is 0 Å². The van der Waals surface area contributed by atoms with Gasteiger partial charge in [-0.1, -0.05) is 50.1 Å². The first-order chi connectivity index (χ1) is 8.24. The van der Waals surface area contributed by atoms with Crippen molar-refractivity contribution in [3.8, 4) is 0 Å². The molecule has 0 bridgehead atoms. The molecule has 1 rings (SSSR count). The van der Waals surface area contributed by atoms with Crippen molar-refractivity contribution < 1.29 is 9.90 Å². The van der Waals surface area contributed by atoms with Gasteiger partial charge in [-0.15, -0.1) is 0 Å². The lowest BCUT2D eigenvalue weighted by Gasteiger charge is -2.09. The van der Waals surface area contributed by atoms with E-state index >= 15 is 0 Å². The monoisotopic (exact) mass is 234 g/mol. The van der Waals surface area contributed by atoms with Crippen molar-refractivity contribution in [2.75, 3.05) is 0 Å². The maximum atomic E-state index is 11.6. The van der Waals surface area contributed by atoms with Gasteiger partial charge >= 0.3 is 0 Å². The van der Waals surface area contributed by atoms with Crippen LogP contribution in [0.15, 0.2) is 30.3 Å². The van der Waals surface area contributed by atoms with Gasteiger partial charge in [0, 0.05) is 6.42 Å². The third-order valence-electron chi connectivity index (χ3n) is 2.95. The number of aryl methyl sites for hydroxylation is 1. The van der Waals surface area contributed by atoms with Crippen LogP contribution in [0.25, 0.3) is 0 Å². The summed E-state index contributed by atoms with van der Waals surface area (Å²) in [5.74, 6) is -0.00520. The van der Waals surface area contributed by atoms with Gasteiger partial charge in [-0.25, -0.2) is 0 Å². The minimum Gasteiger partial charge on any atom is -0.385 e. The summed E-state index contributed by atoms with van der Waals surface area (Å²) in [5.41, 5.74) is 1.17. The molecular formula is C15H22O2. The molecule has 0 aliphatic carbocycles. The predicted molar refractivity (Wildman–Crippen MR) is 69.9 cm³/mol. The fourth-order valence-corrected chi connectivity index (χ4v) is 1.82. The Bertz CT molecular complexity index is 319. The van der Waals surface area contributed by atoms with E-state index in [-0.39, 0.29) is 5.78 Å². The number of Topliss-reactive ketones (excluding diaryl/α,β-unsaturated/α-hetero) is 1. The van der Waals surface area contributed by atoms with Gasteiger partial charge < -0.3 is 5.11 Å². The summed E-state index contributed by atoms with van der Waals surface area (Å²) in [6, 6.07) is 9.97. The molecule has 2 heteroatoms. The van der Waals surface area contributed by atoms with E-state index in [0.717, 1.165) is 25.7 Å². The number of ketones is 1. The van der Waals surface area contributed by atoms with Crippen molar-refractivity contribution in [3.05, 3.63) is 35.9 Å². The van der Waals surface area contributed by atoms with Crippen LogP contribution in [0.3, 0.4) is 0 Å². The number of aliphatic hydroxyl groups is 1. The molecule has 17 heavy (non-hydrogen) atoms. The van der Waals surface area contributed by atoms with Crippen molar-refractivity contribution in [1.29, 1.82) is 0 Å². The molecule has 0 saturated heterocycles. The number of carbonyl (C=O) groups is 1. The second-order valence-electron chi connectivity index (χ2n) is 4.46. The fraction of sp³-hybridized carbons (Fsp3) is 0.533. The molecule has 0 radical (unpaired) electrons. The number of carbonyl (C=O) groups excluding carboxylic acids is 1. The highest BCUT2D eigenvalue weighted by atomic mass is 16.3. The smallest absolute Gasteiger partial charge is 0.161 e. The van der Waals surface area contributed by atoms with Crippen LogP contribution in [0.1, 0.15) is 44.6 Å². The quantitative estimate of drug-likeness (QED) is 0.702. The molecule has 94 valence electrons. The van der Waals surface area contributed by atoms with Crippen molar-refractivity contribution in [2.24, 2.45) is 0 Å². The summed E-state index contributed by atoms with van der Waals surface area (Å²) in [7, 11) is 0. The highest BCUT2D eigenvalue weighted by molar-refractivity contribution is 5.82. The Hall–Kier alpha value is -1.15. The van der Waals surface area contributed by atoms with Gasteiger partial charge in [-0.2, -0.15) is 0 Å². The highest BCUT2D eigenvalue weighted by Gasteiger charge is 2.13. The van der Waals surface area contributed by atoms with Crippen LogP contribution in [0.4, 0.5) is 0 Å². The van der Waals surface area contributed by atoms with E-state index in [4.69, 9.17) is 0 Å². The minimum absolute atomic E-state index is 0.00520. The Labute approximate surface area is 104 Å². The van der Waals surface area contributed by atoms with E-state index in [2.05, 4.69) is 6.92 Å². The number of benzene rings is 1. The second kappa shape index (κ2) is 8.02. The highest BCUT2D eigenvalue weighted by Crippen LogP contribution is 2.08. The first-order valence-electron chi connectivity index (χ1n) is 6.48. The Morgan fingerprint density at radius 3 is 2.59 bits per heavy atom. The minimum atomic E-state index is -0.785. The summed E-state index contributed by atoms with van der Waals surface area (Å²) < 4.78 is 0. The maximum Gasteiger partial charge on any atom is 0.161 e. The SMILES string of the molecule is CCCCCC(=O)C(O)CCc1ccccc1. The van der Waals surface area contributed by atoms with Crippen molar-refractivity contribution >= 4 is 5.78 Å². The molecule has 0 aliphatic heterocycles. The average molecular weight is 234 g/mol. The van der Waals surface area contributed by atoms with Crippen LogP contribution < -0.4 is 0 Å². The van der Waals surface area contributed by atoms with Gasteiger partial charge in [-0.3, -0.25) is 4.79 Å². The molecule has 0 aromatic heterocycles. The zero-order chi connectivity index (χ0) is 12.5. The molecule has 2 nitrogen and oxygen atoms in total. The number of hydrogen-bond donors (Lipinski definition) is 1. The zero-order valence-corrected chi connectivity index (χ0v) is 10.6. The lowest BCUT2D eigenvalue weighted by Crippen LogP contribution is -2.20. The molecule has 0 saturated carbocycles. The summed E-state index contributed by atoms with van der Waals surface area (Å²) in [6.07, 6.45) is 4.11. The zero-order valence-electron chi connectivity index (χ0n) is 10.6. The van der Waals surface area contributed by atoms with Gasteiger partial charge in [0.05, 0.1) is 0 Å².